The zero-order chi connectivity index (χ0) is 24.1. The minimum absolute atomic E-state index is 0.0482. The molecule has 4 rings (SSSR count). The molecule has 1 fully saturated rings. The molecule has 0 aliphatic carbocycles. The van der Waals surface area contributed by atoms with Gasteiger partial charge in [-0.2, -0.15) is 4.31 Å². The highest BCUT2D eigenvalue weighted by Gasteiger charge is 2.28. The fourth-order valence-corrected chi connectivity index (χ4v) is 6.81. The van der Waals surface area contributed by atoms with Crippen LogP contribution in [0.3, 0.4) is 0 Å². The van der Waals surface area contributed by atoms with Crippen molar-refractivity contribution in [1.82, 2.24) is 14.5 Å². The molecular formula is C23H25ClN4O3S3. The van der Waals surface area contributed by atoms with E-state index in [4.69, 9.17) is 11.6 Å². The molecule has 1 aliphatic rings. The van der Waals surface area contributed by atoms with E-state index in [1.807, 2.05) is 24.3 Å². The van der Waals surface area contributed by atoms with Crippen LogP contribution in [0.1, 0.15) is 35.7 Å². The van der Waals surface area contributed by atoms with E-state index in [1.165, 1.54) is 27.8 Å². The van der Waals surface area contributed by atoms with E-state index in [-0.39, 0.29) is 17.2 Å². The molecular weight excluding hydrogens is 512 g/mol. The highest BCUT2D eigenvalue weighted by atomic mass is 35.5. The number of benzene rings is 2. The van der Waals surface area contributed by atoms with Crippen molar-refractivity contribution in [3.8, 4) is 0 Å². The Morgan fingerprint density at radius 2 is 1.79 bits per heavy atom. The number of ketones is 1. The van der Waals surface area contributed by atoms with Crippen LogP contribution in [0.15, 0.2) is 57.8 Å². The van der Waals surface area contributed by atoms with Crippen LogP contribution in [0.2, 0.25) is 5.02 Å². The lowest BCUT2D eigenvalue weighted by molar-refractivity contribution is 0.101. The molecule has 0 spiro atoms. The van der Waals surface area contributed by atoms with Crippen LogP contribution in [0.5, 0.6) is 0 Å². The lowest BCUT2D eigenvalue weighted by Crippen LogP contribution is -2.37. The van der Waals surface area contributed by atoms with Gasteiger partial charge in [0.05, 0.1) is 11.4 Å². The molecule has 1 aromatic heterocycles. The molecule has 2 aromatic carbocycles. The van der Waals surface area contributed by atoms with Crippen LogP contribution >= 0.6 is 34.7 Å². The average molecular weight is 537 g/mol. The first-order chi connectivity index (χ1) is 16.3. The number of anilines is 1. The Bertz CT molecular complexity index is 1220. The van der Waals surface area contributed by atoms with E-state index in [9.17, 15) is 13.2 Å². The summed E-state index contributed by atoms with van der Waals surface area (Å²) in [5.74, 6) is 1.14. The summed E-state index contributed by atoms with van der Waals surface area (Å²) in [5.41, 5.74) is 1.58. The molecule has 3 aromatic rings. The molecule has 0 radical (unpaired) electrons. The monoisotopic (exact) mass is 536 g/mol. The van der Waals surface area contributed by atoms with Crippen LogP contribution in [-0.4, -0.2) is 48.3 Å². The minimum atomic E-state index is -3.53. The molecule has 0 bridgehead atoms. The predicted octanol–water partition coefficient (Wildman–Crippen LogP) is 5.20. The van der Waals surface area contributed by atoms with E-state index in [0.717, 1.165) is 28.5 Å². The summed E-state index contributed by atoms with van der Waals surface area (Å²) in [6.45, 7) is 3.26. The SMILES string of the molecule is CC1CCN(S(=O)(=O)c2ccc(C(=O)CNc3nnc(SCc4ccc(Cl)cc4)s3)cc2)CC1. The number of sulfonamides is 1. The number of rotatable bonds is 9. The van der Waals surface area contributed by atoms with E-state index in [0.29, 0.717) is 34.7 Å². The summed E-state index contributed by atoms with van der Waals surface area (Å²) in [7, 11) is -3.53. The first kappa shape index (κ1) is 25.1. The van der Waals surface area contributed by atoms with Crippen molar-refractivity contribution in [1.29, 1.82) is 0 Å². The molecule has 1 aliphatic heterocycles. The predicted molar refractivity (Wildman–Crippen MR) is 137 cm³/mol. The minimum Gasteiger partial charge on any atom is -0.353 e. The maximum absolute atomic E-state index is 12.9. The van der Waals surface area contributed by atoms with Gasteiger partial charge in [-0.05, 0) is 60.7 Å². The summed E-state index contributed by atoms with van der Waals surface area (Å²) in [6, 6.07) is 13.8. The molecule has 2 heterocycles. The largest absolute Gasteiger partial charge is 0.353 e. The number of carbonyl (C=O) groups is 1. The molecule has 11 heteroatoms. The standard InChI is InChI=1S/C23H25ClN4O3S3/c1-16-10-12-28(13-11-16)34(30,31)20-8-4-18(5-9-20)21(29)14-25-22-26-27-23(33-22)32-15-17-2-6-19(24)7-3-17/h2-9,16H,10-15H2,1H3,(H,25,26). The number of nitrogens with one attached hydrogen (secondary N) is 1. The van der Waals surface area contributed by atoms with Crippen LogP contribution in [0.4, 0.5) is 5.13 Å². The number of carbonyl (C=O) groups excluding carboxylic acids is 1. The number of aromatic nitrogens is 2. The zero-order valence-electron chi connectivity index (χ0n) is 18.6. The second kappa shape index (κ2) is 11.2. The maximum atomic E-state index is 12.9. The van der Waals surface area contributed by atoms with Gasteiger partial charge in [0.1, 0.15) is 0 Å². The lowest BCUT2D eigenvalue weighted by Gasteiger charge is -2.29. The van der Waals surface area contributed by atoms with Gasteiger partial charge in [0.15, 0.2) is 10.1 Å². The Kier molecular flexibility index (Phi) is 8.26. The third-order valence-electron chi connectivity index (χ3n) is 5.64. The fourth-order valence-electron chi connectivity index (χ4n) is 3.51. The van der Waals surface area contributed by atoms with Crippen molar-refractivity contribution >= 4 is 55.6 Å². The van der Waals surface area contributed by atoms with Gasteiger partial charge in [0, 0.05) is 29.4 Å². The number of thioether (sulfide) groups is 1. The van der Waals surface area contributed by atoms with Crippen molar-refractivity contribution in [3.05, 3.63) is 64.7 Å². The molecule has 1 saturated heterocycles. The Morgan fingerprint density at radius 1 is 1.12 bits per heavy atom. The van der Waals surface area contributed by atoms with Gasteiger partial charge < -0.3 is 5.32 Å². The summed E-state index contributed by atoms with van der Waals surface area (Å²) < 4.78 is 28.0. The first-order valence-electron chi connectivity index (χ1n) is 10.9. The third-order valence-corrected chi connectivity index (χ3v) is 9.89. The van der Waals surface area contributed by atoms with Crippen molar-refractivity contribution in [2.24, 2.45) is 5.92 Å². The number of piperidine rings is 1. The van der Waals surface area contributed by atoms with Crippen LogP contribution in [0.25, 0.3) is 0 Å². The number of nitrogens with zero attached hydrogens (tertiary/aromatic N) is 3. The Balaban J connectivity index is 1.29. The number of hydrogen-bond donors (Lipinski definition) is 1. The molecule has 0 atom stereocenters. The highest BCUT2D eigenvalue weighted by Crippen LogP contribution is 2.29. The molecule has 0 amide bonds. The average Bonchev–Trinajstić information content (AvgIpc) is 3.30. The van der Waals surface area contributed by atoms with Gasteiger partial charge in [-0.3, -0.25) is 4.79 Å². The van der Waals surface area contributed by atoms with Gasteiger partial charge in [0.2, 0.25) is 15.2 Å². The summed E-state index contributed by atoms with van der Waals surface area (Å²) in [5, 5.41) is 12.5. The summed E-state index contributed by atoms with van der Waals surface area (Å²) >= 11 is 8.85. The Hall–Kier alpha value is -1.98. The fraction of sp³-hybridized carbons (Fsp3) is 0.348. The van der Waals surface area contributed by atoms with Crippen LogP contribution in [-0.2, 0) is 15.8 Å². The van der Waals surface area contributed by atoms with E-state index < -0.39 is 10.0 Å². The molecule has 0 unspecified atom stereocenters. The van der Waals surface area contributed by atoms with Gasteiger partial charge >= 0.3 is 0 Å². The molecule has 180 valence electrons. The van der Waals surface area contributed by atoms with Crippen molar-refractivity contribution < 1.29 is 13.2 Å². The van der Waals surface area contributed by atoms with Crippen LogP contribution < -0.4 is 5.32 Å². The molecule has 1 N–H and O–H groups in total. The second-order valence-corrected chi connectivity index (χ2v) is 12.8. The lowest BCUT2D eigenvalue weighted by atomic mass is 10.0. The van der Waals surface area contributed by atoms with E-state index >= 15 is 0 Å². The topological polar surface area (TPSA) is 92.3 Å². The highest BCUT2D eigenvalue weighted by molar-refractivity contribution is 8.00. The molecule has 0 saturated carbocycles. The number of hydrogen-bond acceptors (Lipinski definition) is 8. The Morgan fingerprint density at radius 3 is 2.47 bits per heavy atom. The quantitative estimate of drug-likeness (QED) is 0.297. The normalized spacial score (nSPS) is 15.4. The Labute approximate surface area is 213 Å². The van der Waals surface area contributed by atoms with Gasteiger partial charge in [0.25, 0.3) is 0 Å². The second-order valence-electron chi connectivity index (χ2n) is 8.18. The smallest absolute Gasteiger partial charge is 0.243 e. The van der Waals surface area contributed by atoms with Crippen molar-refractivity contribution in [3.63, 3.8) is 0 Å². The molecule has 34 heavy (non-hydrogen) atoms. The van der Waals surface area contributed by atoms with Gasteiger partial charge in [-0.1, -0.05) is 53.8 Å². The zero-order valence-corrected chi connectivity index (χ0v) is 21.8. The van der Waals surface area contributed by atoms with E-state index in [1.54, 1.807) is 23.9 Å². The van der Waals surface area contributed by atoms with Crippen LogP contribution in [0, 0.1) is 5.92 Å². The van der Waals surface area contributed by atoms with E-state index in [2.05, 4.69) is 22.4 Å². The van der Waals surface area contributed by atoms with Crippen molar-refractivity contribution in [2.45, 2.75) is 34.8 Å². The summed E-state index contributed by atoms with van der Waals surface area (Å²) in [6.07, 6.45) is 1.74. The first-order valence-corrected chi connectivity index (χ1v) is 14.5. The third kappa shape index (κ3) is 6.37. The maximum Gasteiger partial charge on any atom is 0.243 e. The molecule has 7 nitrogen and oxygen atoms in total. The van der Waals surface area contributed by atoms with Crippen molar-refractivity contribution in [2.75, 3.05) is 25.0 Å². The summed E-state index contributed by atoms with van der Waals surface area (Å²) in [4.78, 5) is 12.8. The number of Topliss-reactive ketones (excluding diaryl/α,β-unsaturated/α-hetero) is 1. The van der Waals surface area contributed by atoms with Gasteiger partial charge in [-0.15, -0.1) is 10.2 Å². The van der Waals surface area contributed by atoms with Gasteiger partial charge in [-0.25, -0.2) is 8.42 Å². The number of halogens is 1.